The van der Waals surface area contributed by atoms with Crippen molar-refractivity contribution in [3.8, 4) is 11.7 Å². The van der Waals surface area contributed by atoms with E-state index in [1.54, 1.807) is 23.0 Å². The van der Waals surface area contributed by atoms with Crippen LogP contribution in [0.15, 0.2) is 78.0 Å². The largest absolute Gasteiger partial charge is 0.477 e. The second-order valence-electron chi connectivity index (χ2n) is 16.2. The highest BCUT2D eigenvalue weighted by atomic mass is 32.2. The molecule has 3 saturated carbocycles. The number of benzene rings is 1. The molecule has 0 radical (unpaired) electrons. The zero-order chi connectivity index (χ0) is 38.4. The summed E-state index contributed by atoms with van der Waals surface area (Å²) in [5.41, 5.74) is 8.84. The van der Waals surface area contributed by atoms with Gasteiger partial charge < -0.3 is 25.4 Å². The van der Waals surface area contributed by atoms with Crippen molar-refractivity contribution in [1.29, 1.82) is 0 Å². The van der Waals surface area contributed by atoms with Crippen molar-refractivity contribution in [2.24, 2.45) is 28.4 Å². The molecule has 2 atom stereocenters. The Kier molecular flexibility index (Phi) is 9.83. The molecule has 4 aromatic rings. The lowest BCUT2D eigenvalue weighted by Gasteiger charge is -2.35. The molecule has 55 heavy (non-hydrogen) atoms. The fourth-order valence-electron chi connectivity index (χ4n) is 9.32. The lowest BCUT2D eigenvalue weighted by molar-refractivity contribution is 0.139. The number of anilines is 1. The van der Waals surface area contributed by atoms with Crippen LogP contribution < -0.4 is 25.4 Å². The van der Waals surface area contributed by atoms with E-state index in [1.165, 1.54) is 37.8 Å². The Morgan fingerprint density at radius 3 is 2.49 bits per heavy atom. The fraction of sp³-hybridized carbons (Fsp3) is 0.500. The molecule has 292 valence electrons. The average Bonchev–Trinajstić information content (AvgIpc) is 4.12. The molecule has 1 aromatic carbocycles. The number of hydrogen-bond acceptors (Lipinski definition) is 10. The number of sulfonamides is 1. The number of nitrogens with two attached hydrogens (primary N) is 1. The van der Waals surface area contributed by atoms with Gasteiger partial charge in [0.1, 0.15) is 12.4 Å². The van der Waals surface area contributed by atoms with E-state index >= 15 is 0 Å². The van der Waals surface area contributed by atoms with Gasteiger partial charge in [0.2, 0.25) is 11.8 Å². The number of pyridine rings is 2. The van der Waals surface area contributed by atoms with E-state index in [0.29, 0.717) is 53.6 Å². The van der Waals surface area contributed by atoms with Gasteiger partial charge in [-0.05, 0) is 118 Å². The molecule has 3 aliphatic carbocycles. The number of aromatic nitrogens is 4. The molecule has 2 spiro atoms. The smallest absolute Gasteiger partial charge is 0.407 e. The number of fused-ring (bicyclic) bond motifs is 1. The highest BCUT2D eigenvalue weighted by molar-refractivity contribution is 7.89. The summed E-state index contributed by atoms with van der Waals surface area (Å²) < 4.78 is 56.0. The highest BCUT2D eigenvalue weighted by Gasteiger charge is 2.85. The summed E-state index contributed by atoms with van der Waals surface area (Å²) >= 11 is 0. The van der Waals surface area contributed by atoms with Crippen LogP contribution in [0.25, 0.3) is 5.82 Å². The van der Waals surface area contributed by atoms with E-state index in [0.717, 1.165) is 43.2 Å². The van der Waals surface area contributed by atoms with Crippen LogP contribution in [0.5, 0.6) is 5.88 Å². The van der Waals surface area contributed by atoms with Crippen LogP contribution >= 0.6 is 0 Å². The van der Waals surface area contributed by atoms with Gasteiger partial charge >= 0.3 is 6.09 Å². The van der Waals surface area contributed by atoms with Crippen LogP contribution in [0.4, 0.5) is 15.0 Å². The second-order valence-corrected chi connectivity index (χ2v) is 17.9. The second kappa shape index (κ2) is 14.5. The Hall–Kier alpha value is -4.60. The van der Waals surface area contributed by atoms with Crippen molar-refractivity contribution < 1.29 is 27.1 Å². The van der Waals surface area contributed by atoms with Gasteiger partial charge in [-0.2, -0.15) is 9.11 Å². The summed E-state index contributed by atoms with van der Waals surface area (Å²) in [6.07, 6.45) is 9.09. The van der Waals surface area contributed by atoms with Crippen molar-refractivity contribution in [2.75, 3.05) is 24.6 Å². The summed E-state index contributed by atoms with van der Waals surface area (Å²) in [6.45, 7) is 6.17. The number of ether oxygens (including phenoxy) is 2. The van der Waals surface area contributed by atoms with Gasteiger partial charge in [0.25, 0.3) is 10.0 Å². The van der Waals surface area contributed by atoms with E-state index < -0.39 is 33.3 Å². The number of nitrogens with zero attached hydrogens (tertiary/aromatic N) is 5. The number of carbonyl (C=O) groups is 1. The predicted octanol–water partition coefficient (Wildman–Crippen LogP) is 6.01. The Bertz CT molecular complexity index is 2120. The van der Waals surface area contributed by atoms with Gasteiger partial charge in [-0.25, -0.2) is 27.9 Å². The molecule has 0 bridgehead atoms. The first-order valence-electron chi connectivity index (χ1n) is 19.2. The van der Waals surface area contributed by atoms with E-state index in [-0.39, 0.29) is 18.1 Å². The van der Waals surface area contributed by atoms with Crippen molar-refractivity contribution in [1.82, 2.24) is 29.8 Å². The molecule has 15 heteroatoms. The molecule has 4 aliphatic rings. The van der Waals surface area contributed by atoms with Gasteiger partial charge in [0.15, 0.2) is 10.8 Å². The molecule has 1 saturated heterocycles. The number of alkyl carbamates (subject to hydrolysis) is 1. The number of carbonyl (C=O) groups excluding carboxylic acids is 1. The first kappa shape index (κ1) is 37.3. The number of nitrogens with one attached hydrogen (secondary N) is 2. The minimum absolute atomic E-state index is 0.207. The van der Waals surface area contributed by atoms with Crippen LogP contribution in [-0.4, -0.2) is 59.5 Å². The number of rotatable bonds is 16. The van der Waals surface area contributed by atoms with Crippen molar-refractivity contribution in [2.45, 2.75) is 88.6 Å². The van der Waals surface area contributed by atoms with Crippen molar-refractivity contribution in [3.63, 3.8) is 0 Å². The summed E-state index contributed by atoms with van der Waals surface area (Å²) in [5, 5.41) is 7.05. The molecule has 4 N–H and O–H groups in total. The SMILES string of the molecule is CC1(C)C[C@H](CCCNC(=O)OCc2ccccc2)CN1c1nc(-n2ccc(OCCC3C4(CC4)C34CC4)n2)ccc1C(N)NS(=O)(=O)c1cccc(F)n1. The van der Waals surface area contributed by atoms with Crippen LogP contribution in [0.2, 0.25) is 0 Å². The zero-order valence-corrected chi connectivity index (χ0v) is 32.1. The Morgan fingerprint density at radius 2 is 1.76 bits per heavy atom. The first-order valence-corrected chi connectivity index (χ1v) is 20.7. The van der Waals surface area contributed by atoms with Gasteiger partial charge in [-0.15, -0.1) is 5.10 Å². The quantitative estimate of drug-likeness (QED) is 0.0698. The first-order chi connectivity index (χ1) is 26.4. The molecule has 1 unspecified atom stereocenters. The number of halogens is 1. The standard InChI is InChI=1S/C40H49FN8O5S/c1-38(2)24-28(10-7-21-43-37(50)54-26-27-8-4-3-5-9-27)25-48(38)36-29(35(42)47-55(51,52)34-12-6-11-31(41)44-34)13-14-32(45-36)49-22-15-33(46-49)53-23-16-30-39(17-18-39)40(30)19-20-40/h3-6,8-9,11-15,22,28,30,35,47H,7,10,16-21,23-26,42H2,1-2H3,(H,43,50)/t28-,35?/m0/s1. The van der Waals surface area contributed by atoms with Crippen LogP contribution in [0.3, 0.4) is 0 Å². The molecule has 1 aliphatic heterocycles. The third-order valence-corrected chi connectivity index (χ3v) is 13.6. The molecular weight excluding hydrogens is 724 g/mol. The van der Waals surface area contributed by atoms with Gasteiger partial charge in [-0.3, -0.25) is 0 Å². The third kappa shape index (κ3) is 7.66. The van der Waals surface area contributed by atoms with Crippen LogP contribution in [0.1, 0.15) is 82.5 Å². The minimum atomic E-state index is -4.28. The van der Waals surface area contributed by atoms with Crippen LogP contribution in [-0.2, 0) is 21.4 Å². The topological polar surface area (TPSA) is 167 Å². The Labute approximate surface area is 321 Å². The van der Waals surface area contributed by atoms with E-state index in [9.17, 15) is 17.6 Å². The molecule has 13 nitrogen and oxygen atoms in total. The van der Waals surface area contributed by atoms with Gasteiger partial charge in [0.05, 0.1) is 12.8 Å². The maximum absolute atomic E-state index is 13.9. The lowest BCUT2D eigenvalue weighted by Crippen LogP contribution is -2.42. The fourth-order valence-corrected chi connectivity index (χ4v) is 10.4. The van der Waals surface area contributed by atoms with Crippen molar-refractivity contribution >= 4 is 21.9 Å². The number of hydrogen-bond donors (Lipinski definition) is 3. The normalized spacial score (nSPS) is 20.7. The molecule has 8 rings (SSSR count). The highest BCUT2D eigenvalue weighted by Crippen LogP contribution is 2.93. The Morgan fingerprint density at radius 1 is 1.00 bits per heavy atom. The predicted molar refractivity (Wildman–Crippen MR) is 203 cm³/mol. The maximum atomic E-state index is 13.9. The molecular formula is C40H49FN8O5S. The summed E-state index contributed by atoms with van der Waals surface area (Å²) in [7, 11) is -4.28. The monoisotopic (exact) mass is 772 g/mol. The summed E-state index contributed by atoms with van der Waals surface area (Å²) in [5.74, 6) is 1.67. The minimum Gasteiger partial charge on any atom is -0.477 e. The zero-order valence-electron chi connectivity index (χ0n) is 31.3. The molecule has 3 aromatic heterocycles. The van der Waals surface area contributed by atoms with E-state index in [4.69, 9.17) is 20.2 Å². The maximum Gasteiger partial charge on any atom is 0.407 e. The third-order valence-electron chi connectivity index (χ3n) is 12.2. The number of amides is 1. The van der Waals surface area contributed by atoms with E-state index in [1.807, 2.05) is 36.4 Å². The van der Waals surface area contributed by atoms with Gasteiger partial charge in [0, 0.05) is 36.5 Å². The molecule has 1 amide bonds. The van der Waals surface area contributed by atoms with Gasteiger partial charge in [-0.1, -0.05) is 36.4 Å². The lowest BCUT2D eigenvalue weighted by atomic mass is 9.93. The van der Waals surface area contributed by atoms with Crippen molar-refractivity contribution in [3.05, 3.63) is 90.0 Å². The van der Waals surface area contributed by atoms with Crippen LogP contribution in [0, 0.1) is 28.6 Å². The Balaban J connectivity index is 0.955. The average molecular weight is 773 g/mol. The summed E-state index contributed by atoms with van der Waals surface area (Å²) in [6, 6.07) is 18.4. The summed E-state index contributed by atoms with van der Waals surface area (Å²) in [4.78, 5) is 23.1. The van der Waals surface area contributed by atoms with E-state index in [2.05, 4.69) is 38.9 Å². The molecule has 4 fully saturated rings. The molecule has 4 heterocycles.